The van der Waals surface area contributed by atoms with E-state index in [1.54, 1.807) is 6.20 Å². The lowest BCUT2D eigenvalue weighted by Gasteiger charge is -2.55. The lowest BCUT2D eigenvalue weighted by molar-refractivity contribution is -0.0173. The van der Waals surface area contributed by atoms with Crippen LogP contribution >= 0.6 is 0 Å². The summed E-state index contributed by atoms with van der Waals surface area (Å²) >= 11 is 0. The molecule has 4 aliphatic rings. The number of aromatic nitrogens is 2. The molecule has 3 nitrogen and oxygen atoms in total. The van der Waals surface area contributed by atoms with E-state index in [1.165, 1.54) is 32.1 Å². The van der Waals surface area contributed by atoms with E-state index in [2.05, 4.69) is 29.1 Å². The zero-order valence-corrected chi connectivity index (χ0v) is 12.5. The van der Waals surface area contributed by atoms with E-state index in [-0.39, 0.29) is 0 Å². The summed E-state index contributed by atoms with van der Waals surface area (Å²) in [5.41, 5.74) is 2.19. The predicted molar refractivity (Wildman–Crippen MR) is 79.2 cm³/mol. The quantitative estimate of drug-likeness (QED) is 0.917. The highest BCUT2D eigenvalue weighted by Gasteiger charge is 2.48. The van der Waals surface area contributed by atoms with Gasteiger partial charge in [0.1, 0.15) is 0 Å². The average molecular weight is 271 g/mol. The third-order valence-electron chi connectivity index (χ3n) is 6.00. The van der Waals surface area contributed by atoms with Gasteiger partial charge in [-0.3, -0.25) is 9.97 Å². The number of nitrogens with zero attached hydrogens (tertiary/aromatic N) is 2. The van der Waals surface area contributed by atoms with Crippen molar-refractivity contribution in [2.75, 3.05) is 0 Å². The molecular weight excluding hydrogens is 246 g/mol. The highest BCUT2D eigenvalue weighted by atomic mass is 15.0. The summed E-state index contributed by atoms with van der Waals surface area (Å²) in [7, 11) is 0. The molecule has 20 heavy (non-hydrogen) atoms. The fraction of sp³-hybridized carbons (Fsp3) is 0.765. The van der Waals surface area contributed by atoms with Gasteiger partial charge in [-0.25, -0.2) is 0 Å². The summed E-state index contributed by atoms with van der Waals surface area (Å²) in [5, 5.41) is 3.92. The van der Waals surface area contributed by atoms with E-state index in [9.17, 15) is 0 Å². The summed E-state index contributed by atoms with van der Waals surface area (Å²) < 4.78 is 0. The molecule has 4 aliphatic carbocycles. The summed E-state index contributed by atoms with van der Waals surface area (Å²) in [4.78, 5) is 8.92. The van der Waals surface area contributed by atoms with Crippen LogP contribution in [0, 0.1) is 30.6 Å². The first-order chi connectivity index (χ1) is 9.70. The average Bonchev–Trinajstić information content (AvgIpc) is 2.42. The van der Waals surface area contributed by atoms with Crippen molar-refractivity contribution in [3.05, 3.63) is 23.8 Å². The number of aryl methyl sites for hydroxylation is 1. The van der Waals surface area contributed by atoms with E-state index < -0.39 is 0 Å². The van der Waals surface area contributed by atoms with Crippen molar-refractivity contribution in [2.45, 2.75) is 58.0 Å². The maximum atomic E-state index is 4.54. The van der Waals surface area contributed by atoms with Gasteiger partial charge in [-0.05, 0) is 69.6 Å². The molecule has 3 heteroatoms. The van der Waals surface area contributed by atoms with Crippen molar-refractivity contribution in [2.24, 2.45) is 23.7 Å². The zero-order valence-electron chi connectivity index (χ0n) is 12.5. The van der Waals surface area contributed by atoms with Crippen LogP contribution in [-0.4, -0.2) is 16.0 Å². The molecule has 1 heterocycles. The number of hydrogen-bond donors (Lipinski definition) is 1. The SMILES string of the molecule is Cc1nccnc1C(C)NC1C2CC3CC(C2)CC1C3. The Hall–Kier alpha value is -0.960. The van der Waals surface area contributed by atoms with Crippen LogP contribution in [0.15, 0.2) is 12.4 Å². The lowest BCUT2D eigenvalue weighted by atomic mass is 9.54. The first-order valence-corrected chi connectivity index (χ1v) is 8.24. The monoisotopic (exact) mass is 271 g/mol. The van der Waals surface area contributed by atoms with Crippen molar-refractivity contribution in [3.63, 3.8) is 0 Å². The van der Waals surface area contributed by atoms with Crippen molar-refractivity contribution >= 4 is 0 Å². The van der Waals surface area contributed by atoms with E-state index in [0.717, 1.165) is 41.1 Å². The van der Waals surface area contributed by atoms with Gasteiger partial charge in [0.05, 0.1) is 11.4 Å². The van der Waals surface area contributed by atoms with E-state index in [1.807, 2.05) is 6.20 Å². The molecule has 4 saturated carbocycles. The van der Waals surface area contributed by atoms with Crippen molar-refractivity contribution in [3.8, 4) is 0 Å². The molecule has 0 aromatic carbocycles. The second-order valence-electron chi connectivity index (χ2n) is 7.37. The molecule has 4 fully saturated rings. The maximum absolute atomic E-state index is 4.54. The van der Waals surface area contributed by atoms with Gasteiger partial charge in [-0.2, -0.15) is 0 Å². The van der Waals surface area contributed by atoms with Gasteiger partial charge in [0.15, 0.2) is 0 Å². The van der Waals surface area contributed by atoms with Crippen molar-refractivity contribution in [1.29, 1.82) is 0 Å². The molecule has 0 radical (unpaired) electrons. The normalized spacial score (nSPS) is 40.0. The third-order valence-corrected chi connectivity index (χ3v) is 6.00. The Balaban J connectivity index is 1.50. The Morgan fingerprint density at radius 3 is 2.20 bits per heavy atom. The van der Waals surface area contributed by atoms with Gasteiger partial charge in [0, 0.05) is 24.5 Å². The molecule has 1 N–H and O–H groups in total. The van der Waals surface area contributed by atoms with Crippen LogP contribution in [0.2, 0.25) is 0 Å². The molecule has 1 atom stereocenters. The van der Waals surface area contributed by atoms with Crippen LogP contribution in [0.5, 0.6) is 0 Å². The second kappa shape index (κ2) is 4.80. The minimum Gasteiger partial charge on any atom is -0.305 e. The molecule has 1 unspecified atom stereocenters. The first kappa shape index (κ1) is 12.8. The third kappa shape index (κ3) is 2.07. The Bertz CT molecular complexity index is 471. The molecule has 108 valence electrons. The van der Waals surface area contributed by atoms with Crippen LogP contribution in [-0.2, 0) is 0 Å². The largest absolute Gasteiger partial charge is 0.305 e. The van der Waals surface area contributed by atoms with Crippen LogP contribution < -0.4 is 5.32 Å². The first-order valence-electron chi connectivity index (χ1n) is 8.24. The van der Waals surface area contributed by atoms with Gasteiger partial charge >= 0.3 is 0 Å². The Labute approximate surface area is 121 Å². The van der Waals surface area contributed by atoms with E-state index in [0.29, 0.717) is 6.04 Å². The molecule has 0 spiro atoms. The summed E-state index contributed by atoms with van der Waals surface area (Å²) in [6.07, 6.45) is 11.0. The highest BCUT2D eigenvalue weighted by molar-refractivity contribution is 5.13. The molecule has 0 amide bonds. The number of hydrogen-bond acceptors (Lipinski definition) is 3. The van der Waals surface area contributed by atoms with Crippen LogP contribution in [0.25, 0.3) is 0 Å². The molecule has 5 rings (SSSR count). The van der Waals surface area contributed by atoms with Gasteiger partial charge in [-0.15, -0.1) is 0 Å². The predicted octanol–water partition coefficient (Wildman–Crippen LogP) is 3.26. The molecule has 1 aromatic heterocycles. The fourth-order valence-electron chi connectivity index (χ4n) is 5.41. The molecule has 1 aromatic rings. The molecule has 0 aliphatic heterocycles. The zero-order chi connectivity index (χ0) is 13.7. The number of rotatable bonds is 3. The summed E-state index contributed by atoms with van der Waals surface area (Å²) in [5.74, 6) is 3.93. The van der Waals surface area contributed by atoms with Crippen LogP contribution in [0.4, 0.5) is 0 Å². The fourth-order valence-corrected chi connectivity index (χ4v) is 5.41. The lowest BCUT2D eigenvalue weighted by Crippen LogP contribution is -2.55. The van der Waals surface area contributed by atoms with Crippen molar-refractivity contribution < 1.29 is 0 Å². The van der Waals surface area contributed by atoms with Crippen LogP contribution in [0.3, 0.4) is 0 Å². The highest BCUT2D eigenvalue weighted by Crippen LogP contribution is 2.54. The smallest absolute Gasteiger partial charge is 0.0782 e. The van der Waals surface area contributed by atoms with Gasteiger partial charge in [0.25, 0.3) is 0 Å². The van der Waals surface area contributed by atoms with E-state index >= 15 is 0 Å². The minimum atomic E-state index is 0.325. The topological polar surface area (TPSA) is 37.8 Å². The summed E-state index contributed by atoms with van der Waals surface area (Å²) in [6, 6.07) is 1.05. The van der Waals surface area contributed by atoms with Gasteiger partial charge in [-0.1, -0.05) is 0 Å². The summed E-state index contributed by atoms with van der Waals surface area (Å²) in [6.45, 7) is 4.32. The van der Waals surface area contributed by atoms with Gasteiger partial charge < -0.3 is 5.32 Å². The Morgan fingerprint density at radius 2 is 1.60 bits per heavy atom. The van der Waals surface area contributed by atoms with Crippen molar-refractivity contribution in [1.82, 2.24) is 15.3 Å². The van der Waals surface area contributed by atoms with E-state index in [4.69, 9.17) is 0 Å². The molecule has 4 bridgehead atoms. The Kier molecular flexibility index (Phi) is 3.06. The Morgan fingerprint density at radius 1 is 1.00 bits per heavy atom. The minimum absolute atomic E-state index is 0.325. The standard InChI is InChI=1S/C17H25N3/c1-10-16(19-4-3-18-10)11(2)20-17-14-6-12-5-13(8-14)9-15(17)7-12/h3-4,11-15,17,20H,5-9H2,1-2H3. The maximum Gasteiger partial charge on any atom is 0.0782 e. The molecular formula is C17H25N3. The second-order valence-corrected chi connectivity index (χ2v) is 7.37. The molecule has 0 saturated heterocycles. The number of nitrogens with one attached hydrogen (secondary N) is 1. The van der Waals surface area contributed by atoms with Crippen LogP contribution in [0.1, 0.15) is 56.5 Å². The van der Waals surface area contributed by atoms with Gasteiger partial charge in [0.2, 0.25) is 0 Å².